The molecule has 0 fully saturated rings. The van der Waals surface area contributed by atoms with Crippen LogP contribution < -0.4 is 0 Å². The van der Waals surface area contributed by atoms with Crippen molar-refractivity contribution >= 4 is 40.4 Å². The second kappa shape index (κ2) is 3.01. The molecule has 0 N–H and O–H groups in total. The van der Waals surface area contributed by atoms with Gasteiger partial charge >= 0.3 is 0 Å². The van der Waals surface area contributed by atoms with Crippen LogP contribution in [0.4, 0.5) is 0 Å². The lowest BCUT2D eigenvalue weighted by molar-refractivity contribution is 0.109. The Morgan fingerprint density at radius 2 is 2.15 bits per heavy atom. The number of hydrogen-bond acceptors (Lipinski definition) is 3. The van der Waals surface area contributed by atoms with E-state index in [0.717, 1.165) is 0 Å². The maximum Gasteiger partial charge on any atom is 0.207 e. The van der Waals surface area contributed by atoms with E-state index in [1.165, 1.54) is 0 Å². The Morgan fingerprint density at radius 1 is 1.38 bits per heavy atom. The number of aromatic nitrogens is 1. The van der Waals surface area contributed by atoms with Gasteiger partial charge in [0.15, 0.2) is 6.29 Å². The molecule has 0 unspecified atom stereocenters. The zero-order chi connectivity index (χ0) is 9.42. The quantitative estimate of drug-likeness (QED) is 0.688. The zero-order valence-corrected chi connectivity index (χ0v) is 7.76. The Labute approximate surface area is 83.2 Å². The Kier molecular flexibility index (Phi) is 1.98. The molecular formula is C8H3Cl2NO2. The first-order valence-corrected chi connectivity index (χ1v) is 4.17. The molecule has 3 nitrogen and oxygen atoms in total. The van der Waals surface area contributed by atoms with E-state index in [-0.39, 0.29) is 5.76 Å². The van der Waals surface area contributed by atoms with Gasteiger partial charge in [0.1, 0.15) is 5.52 Å². The van der Waals surface area contributed by atoms with Crippen molar-refractivity contribution in [2.24, 2.45) is 0 Å². The van der Waals surface area contributed by atoms with Gasteiger partial charge in [0.25, 0.3) is 0 Å². The third-order valence-corrected chi connectivity index (χ3v) is 2.14. The van der Waals surface area contributed by atoms with E-state index in [2.05, 4.69) is 5.16 Å². The molecule has 2 rings (SSSR count). The van der Waals surface area contributed by atoms with Crippen LogP contribution in [0.15, 0.2) is 16.7 Å². The lowest BCUT2D eigenvalue weighted by atomic mass is 10.2. The second-order valence-electron chi connectivity index (χ2n) is 2.45. The summed E-state index contributed by atoms with van der Waals surface area (Å²) >= 11 is 11.5. The van der Waals surface area contributed by atoms with Gasteiger partial charge in [-0.2, -0.15) is 0 Å². The van der Waals surface area contributed by atoms with Crippen LogP contribution in [0.3, 0.4) is 0 Å². The average Bonchev–Trinajstić information content (AvgIpc) is 2.47. The summed E-state index contributed by atoms with van der Waals surface area (Å²) in [7, 11) is 0. The van der Waals surface area contributed by atoms with Crippen molar-refractivity contribution < 1.29 is 9.32 Å². The highest BCUT2D eigenvalue weighted by Crippen LogP contribution is 2.28. The van der Waals surface area contributed by atoms with Crippen molar-refractivity contribution in [2.75, 3.05) is 0 Å². The van der Waals surface area contributed by atoms with Crippen LogP contribution in [0.1, 0.15) is 10.6 Å². The lowest BCUT2D eigenvalue weighted by Crippen LogP contribution is -1.75. The molecule has 0 aliphatic heterocycles. The number of carbonyl (C=O) groups excluding carboxylic acids is 1. The largest absolute Gasteiger partial charge is 0.352 e. The van der Waals surface area contributed by atoms with Crippen LogP contribution in [0, 0.1) is 0 Å². The van der Waals surface area contributed by atoms with Gasteiger partial charge in [0.2, 0.25) is 5.76 Å². The minimum absolute atomic E-state index is 0.138. The number of carbonyl (C=O) groups is 1. The van der Waals surface area contributed by atoms with Crippen molar-refractivity contribution in [2.45, 2.75) is 0 Å². The number of rotatable bonds is 1. The molecule has 66 valence electrons. The molecule has 2 aromatic rings. The Hall–Kier alpha value is -1.06. The van der Waals surface area contributed by atoms with E-state index in [1.54, 1.807) is 12.1 Å². The molecule has 0 atom stereocenters. The van der Waals surface area contributed by atoms with Crippen molar-refractivity contribution in [1.29, 1.82) is 0 Å². The molecule has 0 aliphatic carbocycles. The summed E-state index contributed by atoms with van der Waals surface area (Å²) < 4.78 is 4.74. The molecule has 0 saturated heterocycles. The second-order valence-corrected chi connectivity index (χ2v) is 3.29. The minimum atomic E-state index is 0.138. The number of fused-ring (bicyclic) bond motifs is 1. The van der Waals surface area contributed by atoms with Gasteiger partial charge in [-0.25, -0.2) is 0 Å². The lowest BCUT2D eigenvalue weighted by Gasteiger charge is -1.92. The molecule has 0 amide bonds. The molecule has 0 bridgehead atoms. The predicted molar refractivity (Wildman–Crippen MR) is 49.4 cm³/mol. The first-order valence-electron chi connectivity index (χ1n) is 3.42. The topological polar surface area (TPSA) is 43.1 Å². The third-order valence-electron chi connectivity index (χ3n) is 1.64. The summed E-state index contributed by atoms with van der Waals surface area (Å²) in [5, 5.41) is 4.99. The molecule has 5 heteroatoms. The number of nitrogens with zero attached hydrogens (tertiary/aromatic N) is 1. The minimum Gasteiger partial charge on any atom is -0.352 e. The van der Waals surface area contributed by atoms with Crippen LogP contribution in [-0.2, 0) is 0 Å². The van der Waals surface area contributed by atoms with Crippen molar-refractivity contribution in [3.05, 3.63) is 27.9 Å². The van der Waals surface area contributed by atoms with Gasteiger partial charge in [0, 0.05) is 5.02 Å². The highest BCUT2D eigenvalue weighted by Gasteiger charge is 2.11. The molecule has 0 radical (unpaired) electrons. The van der Waals surface area contributed by atoms with E-state index in [9.17, 15) is 4.79 Å². The van der Waals surface area contributed by atoms with Crippen LogP contribution in [0.2, 0.25) is 10.0 Å². The van der Waals surface area contributed by atoms with Crippen LogP contribution in [-0.4, -0.2) is 11.4 Å². The summed E-state index contributed by atoms with van der Waals surface area (Å²) in [6.45, 7) is 0. The maximum absolute atomic E-state index is 10.5. The number of benzene rings is 1. The van der Waals surface area contributed by atoms with E-state index in [4.69, 9.17) is 27.7 Å². The Bertz CT molecular complexity index is 478. The fourth-order valence-corrected chi connectivity index (χ4v) is 1.60. The highest BCUT2D eigenvalue weighted by molar-refractivity contribution is 6.38. The van der Waals surface area contributed by atoms with Crippen molar-refractivity contribution in [3.8, 4) is 0 Å². The summed E-state index contributed by atoms with van der Waals surface area (Å²) in [6.07, 6.45) is 0.571. The molecule has 1 aromatic carbocycles. The van der Waals surface area contributed by atoms with Crippen molar-refractivity contribution in [1.82, 2.24) is 5.16 Å². The SMILES string of the molecule is O=Cc1onc2c(Cl)cc(Cl)cc12. The third kappa shape index (κ3) is 1.30. The van der Waals surface area contributed by atoms with Gasteiger partial charge < -0.3 is 4.52 Å². The van der Waals surface area contributed by atoms with Gasteiger partial charge in [-0.05, 0) is 12.1 Å². The van der Waals surface area contributed by atoms with Crippen LogP contribution in [0.5, 0.6) is 0 Å². The molecule has 1 aromatic heterocycles. The number of halogens is 2. The first-order chi connectivity index (χ1) is 6.22. The Balaban J connectivity index is 2.89. The zero-order valence-electron chi connectivity index (χ0n) is 6.25. The average molecular weight is 216 g/mol. The summed E-state index contributed by atoms with van der Waals surface area (Å²) in [5.41, 5.74) is 0.452. The Morgan fingerprint density at radius 3 is 2.85 bits per heavy atom. The number of aldehydes is 1. The van der Waals surface area contributed by atoms with E-state index >= 15 is 0 Å². The molecule has 0 aliphatic rings. The molecule has 0 spiro atoms. The fourth-order valence-electron chi connectivity index (χ4n) is 1.08. The molecule has 0 saturated carbocycles. The fraction of sp³-hybridized carbons (Fsp3) is 0. The summed E-state index contributed by atoms with van der Waals surface area (Å²) in [4.78, 5) is 10.5. The molecule has 13 heavy (non-hydrogen) atoms. The van der Waals surface area contributed by atoms with Gasteiger partial charge in [0.05, 0.1) is 10.4 Å². The van der Waals surface area contributed by atoms with Gasteiger partial charge in [-0.15, -0.1) is 0 Å². The summed E-state index contributed by atoms with van der Waals surface area (Å²) in [5.74, 6) is 0.138. The molecular weight excluding hydrogens is 213 g/mol. The standard InChI is InChI=1S/C8H3Cl2NO2/c9-4-1-5-7(3-12)13-11-8(5)6(10)2-4/h1-3H. The van der Waals surface area contributed by atoms with Gasteiger partial charge in [-0.3, -0.25) is 4.79 Å². The number of hydrogen-bond donors (Lipinski definition) is 0. The highest BCUT2D eigenvalue weighted by atomic mass is 35.5. The first kappa shape index (κ1) is 8.53. The predicted octanol–water partition coefficient (Wildman–Crippen LogP) is 2.95. The van der Waals surface area contributed by atoms with E-state index in [0.29, 0.717) is 27.2 Å². The maximum atomic E-state index is 10.5. The van der Waals surface area contributed by atoms with Crippen LogP contribution >= 0.6 is 23.2 Å². The smallest absolute Gasteiger partial charge is 0.207 e. The van der Waals surface area contributed by atoms with Gasteiger partial charge in [-0.1, -0.05) is 28.4 Å². The molecule has 1 heterocycles. The van der Waals surface area contributed by atoms with E-state index < -0.39 is 0 Å². The van der Waals surface area contributed by atoms with Crippen LogP contribution in [0.25, 0.3) is 10.9 Å². The van der Waals surface area contributed by atoms with Crippen molar-refractivity contribution in [3.63, 3.8) is 0 Å². The summed E-state index contributed by atoms with van der Waals surface area (Å²) in [6, 6.07) is 3.13. The van der Waals surface area contributed by atoms with E-state index in [1.807, 2.05) is 0 Å². The monoisotopic (exact) mass is 215 g/mol. The normalized spacial score (nSPS) is 10.6.